The molecule has 12 heavy (non-hydrogen) atoms. The summed E-state index contributed by atoms with van der Waals surface area (Å²) in [7, 11) is 0. The van der Waals surface area contributed by atoms with Crippen LogP contribution in [0.15, 0.2) is 24.8 Å². The summed E-state index contributed by atoms with van der Waals surface area (Å²) in [4.78, 5) is 0. The third-order valence-electron chi connectivity index (χ3n) is 1.88. The van der Waals surface area contributed by atoms with Gasteiger partial charge in [0.15, 0.2) is 0 Å². The van der Waals surface area contributed by atoms with Gasteiger partial charge in [-0.25, -0.2) is 0 Å². The predicted molar refractivity (Wildman–Crippen MR) is 63.2 cm³/mol. The summed E-state index contributed by atoms with van der Waals surface area (Å²) in [5, 5.41) is 0. The van der Waals surface area contributed by atoms with Gasteiger partial charge >= 0.3 is 0 Å². The molecule has 0 N–H and O–H groups in total. The van der Waals surface area contributed by atoms with Crippen molar-refractivity contribution in [2.24, 2.45) is 0 Å². The zero-order chi connectivity index (χ0) is 8.97. The van der Waals surface area contributed by atoms with Crippen LogP contribution in [0, 0.1) is 3.57 Å². The van der Waals surface area contributed by atoms with Gasteiger partial charge in [0.25, 0.3) is 0 Å². The highest BCUT2D eigenvalue weighted by molar-refractivity contribution is 14.1. The number of hydrogen-bond donors (Lipinski definition) is 0. The van der Waals surface area contributed by atoms with Crippen molar-refractivity contribution >= 4 is 28.7 Å². The van der Waals surface area contributed by atoms with E-state index in [0.717, 1.165) is 6.42 Å². The lowest BCUT2D eigenvalue weighted by Gasteiger charge is -2.06. The highest BCUT2D eigenvalue weighted by Gasteiger charge is 2.01. The van der Waals surface area contributed by atoms with E-state index in [4.69, 9.17) is 0 Å². The van der Waals surface area contributed by atoms with Crippen molar-refractivity contribution in [2.45, 2.75) is 19.8 Å². The lowest BCUT2D eigenvalue weighted by molar-refractivity contribution is 0.914. The normalized spacial score (nSPS) is 9.83. The molecule has 0 spiro atoms. The molecule has 0 saturated heterocycles. The van der Waals surface area contributed by atoms with E-state index in [0.29, 0.717) is 0 Å². The fraction of sp³-hybridized carbons (Fsp3) is 0.273. The fourth-order valence-electron chi connectivity index (χ4n) is 1.28. The van der Waals surface area contributed by atoms with Crippen LogP contribution >= 0.6 is 22.6 Å². The highest BCUT2D eigenvalue weighted by Crippen LogP contribution is 2.19. The first-order valence-electron chi connectivity index (χ1n) is 4.19. The first-order valence-corrected chi connectivity index (χ1v) is 5.27. The van der Waals surface area contributed by atoms with Gasteiger partial charge in [0.05, 0.1) is 0 Å². The third-order valence-corrected chi connectivity index (χ3v) is 2.89. The molecule has 0 atom stereocenters. The molecule has 0 saturated carbocycles. The summed E-state index contributed by atoms with van der Waals surface area (Å²) in [6, 6.07) is 6.36. The molecule has 0 radical (unpaired) electrons. The minimum Gasteiger partial charge on any atom is -0.0985 e. The molecule has 0 bridgehead atoms. The number of benzene rings is 1. The van der Waals surface area contributed by atoms with Crippen LogP contribution in [0.2, 0.25) is 0 Å². The summed E-state index contributed by atoms with van der Waals surface area (Å²) in [5.41, 5.74) is 2.72. The van der Waals surface area contributed by atoms with E-state index in [2.05, 4.69) is 54.3 Å². The Morgan fingerprint density at radius 3 is 2.83 bits per heavy atom. The van der Waals surface area contributed by atoms with Crippen LogP contribution in [0.25, 0.3) is 6.08 Å². The molecule has 0 nitrogen and oxygen atoms in total. The Labute approximate surface area is 87.8 Å². The molecule has 0 amide bonds. The molecular weight excluding hydrogens is 259 g/mol. The Morgan fingerprint density at radius 2 is 2.25 bits per heavy atom. The zero-order valence-corrected chi connectivity index (χ0v) is 9.47. The third kappa shape index (κ3) is 2.09. The van der Waals surface area contributed by atoms with Crippen LogP contribution in [0.5, 0.6) is 0 Å². The van der Waals surface area contributed by atoms with Gasteiger partial charge in [-0.3, -0.25) is 0 Å². The van der Waals surface area contributed by atoms with E-state index < -0.39 is 0 Å². The van der Waals surface area contributed by atoms with E-state index in [9.17, 15) is 0 Å². The first-order chi connectivity index (χ1) is 5.79. The minimum absolute atomic E-state index is 1.15. The van der Waals surface area contributed by atoms with Crippen molar-refractivity contribution in [1.29, 1.82) is 0 Å². The predicted octanol–water partition coefficient (Wildman–Crippen LogP) is 3.89. The van der Waals surface area contributed by atoms with E-state index >= 15 is 0 Å². The molecule has 0 aromatic heterocycles. The lowest BCUT2D eigenvalue weighted by atomic mass is 10.0. The van der Waals surface area contributed by atoms with Gasteiger partial charge in [-0.15, -0.1) is 0 Å². The van der Waals surface area contributed by atoms with Crippen LogP contribution in [0.3, 0.4) is 0 Å². The highest BCUT2D eigenvalue weighted by atomic mass is 127. The van der Waals surface area contributed by atoms with Crippen LogP contribution in [0.4, 0.5) is 0 Å². The molecule has 0 aliphatic heterocycles. The zero-order valence-electron chi connectivity index (χ0n) is 7.31. The van der Waals surface area contributed by atoms with Crippen molar-refractivity contribution in [3.05, 3.63) is 39.5 Å². The van der Waals surface area contributed by atoms with Crippen LogP contribution in [0.1, 0.15) is 24.5 Å². The number of rotatable bonds is 3. The van der Waals surface area contributed by atoms with Gasteiger partial charge in [-0.1, -0.05) is 38.1 Å². The average molecular weight is 272 g/mol. The van der Waals surface area contributed by atoms with Crippen molar-refractivity contribution in [3.8, 4) is 0 Å². The van der Waals surface area contributed by atoms with Crippen LogP contribution < -0.4 is 0 Å². The maximum absolute atomic E-state index is 3.81. The summed E-state index contributed by atoms with van der Waals surface area (Å²) in [6.45, 7) is 6.02. The molecule has 1 rings (SSSR count). The van der Waals surface area contributed by atoms with E-state index in [1.165, 1.54) is 21.1 Å². The van der Waals surface area contributed by atoms with Crippen molar-refractivity contribution in [1.82, 2.24) is 0 Å². The average Bonchev–Trinajstić information content (AvgIpc) is 2.09. The van der Waals surface area contributed by atoms with Gasteiger partial charge < -0.3 is 0 Å². The SMILES string of the molecule is C=Cc1cccc(I)c1CCC. The second-order valence-electron chi connectivity index (χ2n) is 2.76. The van der Waals surface area contributed by atoms with Gasteiger partial charge in [-0.05, 0) is 46.2 Å². The molecule has 0 fully saturated rings. The molecule has 1 aromatic carbocycles. The number of halogens is 1. The minimum atomic E-state index is 1.15. The quantitative estimate of drug-likeness (QED) is 0.732. The number of hydrogen-bond acceptors (Lipinski definition) is 0. The second-order valence-corrected chi connectivity index (χ2v) is 3.92. The smallest absolute Gasteiger partial charge is 0.0168 e. The molecule has 0 heterocycles. The molecule has 1 heteroatoms. The topological polar surface area (TPSA) is 0 Å². The molecule has 0 aliphatic rings. The molecule has 0 aliphatic carbocycles. The fourth-order valence-corrected chi connectivity index (χ4v) is 2.07. The van der Waals surface area contributed by atoms with Gasteiger partial charge in [-0.2, -0.15) is 0 Å². The molecule has 64 valence electrons. The van der Waals surface area contributed by atoms with E-state index in [1.807, 2.05) is 6.08 Å². The Kier molecular flexibility index (Phi) is 3.79. The lowest BCUT2D eigenvalue weighted by Crippen LogP contribution is -1.91. The Balaban J connectivity index is 3.10. The second kappa shape index (κ2) is 4.65. The van der Waals surface area contributed by atoms with E-state index in [-0.39, 0.29) is 0 Å². The molecule has 0 unspecified atom stereocenters. The van der Waals surface area contributed by atoms with Gasteiger partial charge in [0, 0.05) is 3.57 Å². The van der Waals surface area contributed by atoms with Crippen molar-refractivity contribution < 1.29 is 0 Å². The standard InChI is InChI=1S/C11H13I/c1-3-6-10-9(4-2)7-5-8-11(10)12/h4-5,7-8H,2-3,6H2,1H3. The first kappa shape index (κ1) is 9.78. The summed E-state index contributed by atoms with van der Waals surface area (Å²) < 4.78 is 1.35. The summed E-state index contributed by atoms with van der Waals surface area (Å²) in [6.07, 6.45) is 4.29. The maximum Gasteiger partial charge on any atom is 0.0168 e. The monoisotopic (exact) mass is 272 g/mol. The summed E-state index contributed by atoms with van der Waals surface area (Å²) >= 11 is 2.38. The van der Waals surface area contributed by atoms with Crippen LogP contribution in [-0.2, 0) is 6.42 Å². The van der Waals surface area contributed by atoms with Crippen molar-refractivity contribution in [2.75, 3.05) is 0 Å². The van der Waals surface area contributed by atoms with Gasteiger partial charge in [0.2, 0.25) is 0 Å². The Bertz CT molecular complexity index is 276. The Hall–Kier alpha value is -0.310. The van der Waals surface area contributed by atoms with Crippen LogP contribution in [-0.4, -0.2) is 0 Å². The largest absolute Gasteiger partial charge is 0.0985 e. The van der Waals surface area contributed by atoms with E-state index in [1.54, 1.807) is 0 Å². The Morgan fingerprint density at radius 1 is 1.50 bits per heavy atom. The summed E-state index contributed by atoms with van der Waals surface area (Å²) in [5.74, 6) is 0. The molecular formula is C11H13I. The van der Waals surface area contributed by atoms with Gasteiger partial charge in [0.1, 0.15) is 0 Å². The molecule has 1 aromatic rings. The van der Waals surface area contributed by atoms with Crippen molar-refractivity contribution in [3.63, 3.8) is 0 Å². The maximum atomic E-state index is 3.81.